The fourth-order valence-electron chi connectivity index (χ4n) is 4.37. The van der Waals surface area contributed by atoms with Crippen molar-refractivity contribution in [1.29, 1.82) is 0 Å². The molecule has 136 valence electrons. The third-order valence-corrected chi connectivity index (χ3v) is 5.92. The number of carbonyl (C=O) groups excluding carboxylic acids is 1. The van der Waals surface area contributed by atoms with Gasteiger partial charge in [-0.25, -0.2) is 5.43 Å². The van der Waals surface area contributed by atoms with E-state index < -0.39 is 0 Å². The van der Waals surface area contributed by atoms with Crippen molar-refractivity contribution >= 4 is 5.91 Å². The molecule has 4 rings (SSSR count). The lowest BCUT2D eigenvalue weighted by Crippen LogP contribution is -2.52. The zero-order chi connectivity index (χ0) is 17.4. The van der Waals surface area contributed by atoms with Gasteiger partial charge >= 0.3 is 0 Å². The average Bonchev–Trinajstić information content (AvgIpc) is 3.01. The van der Waals surface area contributed by atoms with E-state index in [1.807, 2.05) is 18.2 Å². The number of piperidine rings is 1. The molecule has 0 bridgehead atoms. The molecule has 1 aromatic rings. The molecule has 0 radical (unpaired) electrons. The minimum atomic E-state index is -0.254. The Hall–Kier alpha value is -1.54. The smallest absolute Gasteiger partial charge is 0.239 e. The van der Waals surface area contributed by atoms with E-state index in [0.29, 0.717) is 18.9 Å². The Labute approximate surface area is 148 Å². The SMILES string of the molecule is CN1CCC2NNC(C(=O)NC(c3ccccn3)C3CC(O)C3)C2C1. The van der Waals surface area contributed by atoms with Crippen molar-refractivity contribution in [2.24, 2.45) is 11.8 Å². The Morgan fingerprint density at radius 1 is 1.40 bits per heavy atom. The number of nitrogens with one attached hydrogen (secondary N) is 3. The zero-order valence-corrected chi connectivity index (χ0v) is 14.6. The Kier molecular flexibility index (Phi) is 4.73. The molecule has 3 heterocycles. The van der Waals surface area contributed by atoms with Gasteiger partial charge in [0.2, 0.25) is 5.91 Å². The molecule has 2 saturated heterocycles. The van der Waals surface area contributed by atoms with Crippen molar-refractivity contribution in [2.45, 2.75) is 43.5 Å². The van der Waals surface area contributed by atoms with E-state index in [-0.39, 0.29) is 35.9 Å². The molecule has 7 heteroatoms. The Balaban J connectivity index is 1.47. The highest BCUT2D eigenvalue weighted by atomic mass is 16.3. The van der Waals surface area contributed by atoms with Crippen LogP contribution in [0.3, 0.4) is 0 Å². The number of hydrogen-bond acceptors (Lipinski definition) is 6. The van der Waals surface area contributed by atoms with Gasteiger partial charge in [0.1, 0.15) is 6.04 Å². The van der Waals surface area contributed by atoms with Crippen LogP contribution in [-0.4, -0.2) is 59.2 Å². The monoisotopic (exact) mass is 345 g/mol. The van der Waals surface area contributed by atoms with Crippen molar-refractivity contribution in [1.82, 2.24) is 26.1 Å². The largest absolute Gasteiger partial charge is 0.393 e. The molecule has 25 heavy (non-hydrogen) atoms. The van der Waals surface area contributed by atoms with Crippen molar-refractivity contribution in [2.75, 3.05) is 20.1 Å². The molecule has 3 aliphatic rings. The van der Waals surface area contributed by atoms with Gasteiger partial charge < -0.3 is 15.3 Å². The number of aliphatic hydroxyl groups is 1. The summed E-state index contributed by atoms with van der Waals surface area (Å²) in [6.07, 6.45) is 3.98. The summed E-state index contributed by atoms with van der Waals surface area (Å²) in [5, 5.41) is 12.9. The minimum Gasteiger partial charge on any atom is -0.393 e. The van der Waals surface area contributed by atoms with Crippen LogP contribution in [0, 0.1) is 11.8 Å². The molecule has 4 N–H and O–H groups in total. The molecule has 1 aliphatic carbocycles. The van der Waals surface area contributed by atoms with Gasteiger partial charge in [0.15, 0.2) is 0 Å². The van der Waals surface area contributed by atoms with Gasteiger partial charge in [-0.3, -0.25) is 15.2 Å². The fraction of sp³-hybridized carbons (Fsp3) is 0.667. The summed E-state index contributed by atoms with van der Waals surface area (Å²) >= 11 is 0. The van der Waals surface area contributed by atoms with Crippen molar-refractivity contribution in [3.63, 3.8) is 0 Å². The number of rotatable bonds is 4. The number of hydrogen-bond donors (Lipinski definition) is 4. The lowest BCUT2D eigenvalue weighted by molar-refractivity contribution is -0.126. The third-order valence-electron chi connectivity index (χ3n) is 5.92. The number of pyridine rings is 1. The normalized spacial score (nSPS) is 36.3. The molecule has 4 atom stereocenters. The molecular weight excluding hydrogens is 318 g/mol. The van der Waals surface area contributed by atoms with Crippen LogP contribution in [-0.2, 0) is 4.79 Å². The second kappa shape index (κ2) is 6.99. The van der Waals surface area contributed by atoms with Crippen molar-refractivity contribution < 1.29 is 9.90 Å². The molecule has 7 nitrogen and oxygen atoms in total. The number of nitrogens with zero attached hydrogens (tertiary/aromatic N) is 2. The van der Waals surface area contributed by atoms with Gasteiger partial charge in [0.25, 0.3) is 0 Å². The quantitative estimate of drug-likeness (QED) is 0.605. The number of carbonyl (C=O) groups is 1. The molecule has 1 amide bonds. The van der Waals surface area contributed by atoms with Crippen LogP contribution in [0.4, 0.5) is 0 Å². The number of amides is 1. The second-order valence-corrected chi connectivity index (χ2v) is 7.71. The van der Waals surface area contributed by atoms with Crippen LogP contribution < -0.4 is 16.2 Å². The Bertz CT molecular complexity index is 607. The minimum absolute atomic E-state index is 0.0207. The second-order valence-electron chi connectivity index (χ2n) is 7.71. The van der Waals surface area contributed by atoms with Gasteiger partial charge in [-0.1, -0.05) is 6.07 Å². The number of likely N-dealkylation sites (tertiary alicyclic amines) is 1. The van der Waals surface area contributed by atoms with Crippen LogP contribution >= 0.6 is 0 Å². The molecule has 0 aromatic carbocycles. The topological polar surface area (TPSA) is 89.5 Å². The Morgan fingerprint density at radius 2 is 2.24 bits per heavy atom. The van der Waals surface area contributed by atoms with E-state index >= 15 is 0 Å². The van der Waals surface area contributed by atoms with E-state index in [4.69, 9.17) is 0 Å². The summed E-state index contributed by atoms with van der Waals surface area (Å²) < 4.78 is 0. The lowest BCUT2D eigenvalue weighted by Gasteiger charge is -2.38. The van der Waals surface area contributed by atoms with Crippen molar-refractivity contribution in [3.8, 4) is 0 Å². The lowest BCUT2D eigenvalue weighted by atomic mass is 9.76. The first-order valence-electron chi connectivity index (χ1n) is 9.21. The number of hydrazine groups is 1. The highest BCUT2D eigenvalue weighted by Gasteiger charge is 2.44. The van der Waals surface area contributed by atoms with E-state index in [1.54, 1.807) is 6.20 Å². The summed E-state index contributed by atoms with van der Waals surface area (Å²) in [6, 6.07) is 5.75. The maximum absolute atomic E-state index is 13.0. The third kappa shape index (κ3) is 3.42. The average molecular weight is 345 g/mol. The van der Waals surface area contributed by atoms with Gasteiger partial charge in [0, 0.05) is 24.7 Å². The first kappa shape index (κ1) is 16.9. The molecule has 0 spiro atoms. The van der Waals surface area contributed by atoms with Gasteiger partial charge in [-0.2, -0.15) is 0 Å². The van der Waals surface area contributed by atoms with E-state index in [0.717, 1.165) is 25.2 Å². The van der Waals surface area contributed by atoms with E-state index in [2.05, 4.69) is 33.1 Å². The van der Waals surface area contributed by atoms with Crippen LogP contribution in [0.15, 0.2) is 24.4 Å². The standard InChI is InChI=1S/C18H27N5O2/c1-23-7-5-14-13(10-23)17(22-21-14)18(25)20-16(11-8-12(24)9-11)15-4-2-3-6-19-15/h2-4,6,11-14,16-17,21-22,24H,5,7-10H2,1H3,(H,20,25). The summed E-state index contributed by atoms with van der Waals surface area (Å²) in [5.74, 6) is 0.537. The maximum atomic E-state index is 13.0. The van der Waals surface area contributed by atoms with Gasteiger partial charge in [0.05, 0.1) is 17.8 Å². The summed E-state index contributed by atoms with van der Waals surface area (Å²) in [7, 11) is 2.11. The first-order valence-corrected chi connectivity index (χ1v) is 9.21. The van der Waals surface area contributed by atoms with E-state index in [9.17, 15) is 9.90 Å². The van der Waals surface area contributed by atoms with Crippen molar-refractivity contribution in [3.05, 3.63) is 30.1 Å². The molecular formula is C18H27N5O2. The highest BCUT2D eigenvalue weighted by Crippen LogP contribution is 2.37. The number of aliphatic hydroxyl groups excluding tert-OH is 1. The van der Waals surface area contributed by atoms with Crippen LogP contribution in [0.25, 0.3) is 0 Å². The van der Waals surface area contributed by atoms with E-state index in [1.165, 1.54) is 0 Å². The highest BCUT2D eigenvalue weighted by molar-refractivity contribution is 5.83. The maximum Gasteiger partial charge on any atom is 0.239 e. The number of fused-ring (bicyclic) bond motifs is 1. The first-order chi connectivity index (χ1) is 12.1. The summed E-state index contributed by atoms with van der Waals surface area (Å²) in [6.45, 7) is 1.97. The zero-order valence-electron chi connectivity index (χ0n) is 14.6. The predicted octanol–water partition coefficient (Wildman–Crippen LogP) is -0.193. The van der Waals surface area contributed by atoms with Crippen LogP contribution in [0.1, 0.15) is 31.0 Å². The summed E-state index contributed by atoms with van der Waals surface area (Å²) in [5.41, 5.74) is 7.37. The van der Waals surface area contributed by atoms with Crippen LogP contribution in [0.2, 0.25) is 0 Å². The van der Waals surface area contributed by atoms with Gasteiger partial charge in [-0.05, 0) is 50.9 Å². The molecule has 2 aliphatic heterocycles. The molecule has 3 fully saturated rings. The summed E-state index contributed by atoms with van der Waals surface area (Å²) in [4.78, 5) is 19.7. The predicted molar refractivity (Wildman–Crippen MR) is 93.3 cm³/mol. The number of aromatic nitrogens is 1. The Morgan fingerprint density at radius 3 is 2.96 bits per heavy atom. The molecule has 4 unspecified atom stereocenters. The molecule has 1 aromatic heterocycles. The van der Waals surface area contributed by atoms with Crippen LogP contribution in [0.5, 0.6) is 0 Å². The fourth-order valence-corrected chi connectivity index (χ4v) is 4.37. The molecule has 1 saturated carbocycles. The van der Waals surface area contributed by atoms with Gasteiger partial charge in [-0.15, -0.1) is 0 Å².